The van der Waals surface area contributed by atoms with E-state index in [1.807, 2.05) is 0 Å². The van der Waals surface area contributed by atoms with Crippen molar-refractivity contribution in [1.29, 1.82) is 0 Å². The van der Waals surface area contributed by atoms with E-state index in [0.29, 0.717) is 37.0 Å². The molecule has 55 heavy (non-hydrogen) atoms. The Labute approximate surface area is 350 Å². The van der Waals surface area contributed by atoms with E-state index in [1.165, 1.54) is 77.0 Å². The number of rotatable bonds is 45. The van der Waals surface area contributed by atoms with Crippen LogP contribution in [-0.2, 0) is 24.4 Å². The first kappa shape index (κ1) is 56.1. The Hall–Kier alpha value is 1.10. The average Bonchev–Trinajstić information content (AvgIpc) is 3.16. The second-order valence-electron chi connectivity index (χ2n) is 16.9. The number of hydrogen-bond acceptors (Lipinski definition) is 6. The highest BCUT2D eigenvalue weighted by Gasteiger charge is 2.48. The number of hydrogen-bond donors (Lipinski definition) is 0. The first-order valence-corrected chi connectivity index (χ1v) is 31.8. The lowest BCUT2D eigenvalue weighted by Crippen LogP contribution is -2.27. The molecule has 0 amide bonds. The Kier molecular flexibility index (Phi) is 40.0. The maximum absolute atomic E-state index is 14.9. The molecule has 3 atom stereocenters. The maximum atomic E-state index is 14.9. The molecule has 0 aliphatic carbocycles. The molecule has 3 unspecified atom stereocenters. The van der Waals surface area contributed by atoms with E-state index in [9.17, 15) is 13.7 Å². The third-order valence-electron chi connectivity index (χ3n) is 11.2. The van der Waals surface area contributed by atoms with Crippen LogP contribution in [0.3, 0.4) is 0 Å². The molecule has 0 aromatic carbocycles. The molecule has 0 N–H and O–H groups in total. The highest BCUT2D eigenvalue weighted by Crippen LogP contribution is 2.58. The Morgan fingerprint density at radius 1 is 0.255 bits per heavy atom. The summed E-state index contributed by atoms with van der Waals surface area (Å²) in [5.41, 5.74) is 0. The predicted molar refractivity (Wildman–Crippen MR) is 247 cm³/mol. The Morgan fingerprint density at radius 3 is 0.582 bits per heavy atom. The predicted octanol–water partition coefficient (Wildman–Crippen LogP) is 17.8. The van der Waals surface area contributed by atoms with E-state index in [0.717, 1.165) is 135 Å². The molecule has 0 bridgehead atoms. The zero-order valence-corrected chi connectivity index (χ0v) is 41.8. The van der Waals surface area contributed by atoms with Crippen molar-refractivity contribution < 1.29 is 24.4 Å². The molecule has 0 radical (unpaired) electrons. The van der Waals surface area contributed by atoms with Gasteiger partial charge in [0.25, 0.3) is 0 Å². The Bertz CT molecular complexity index is 848. The summed E-state index contributed by atoms with van der Waals surface area (Å²) in [5, 5.41) is 0. The highest BCUT2D eigenvalue weighted by atomic mass is 31.2. The molecule has 0 saturated heterocycles. The van der Waals surface area contributed by atoms with Crippen molar-refractivity contribution in [2.24, 2.45) is 0 Å². The topological polar surface area (TPSA) is 78.9 Å². The molecule has 0 saturated carbocycles. The van der Waals surface area contributed by atoms with E-state index in [4.69, 9.17) is 10.7 Å². The van der Waals surface area contributed by atoms with Gasteiger partial charge in [0.05, 0.1) is 0 Å². The second-order valence-corrected chi connectivity index (χ2v) is 27.6. The van der Waals surface area contributed by atoms with Crippen molar-refractivity contribution in [3.05, 3.63) is 0 Å². The summed E-state index contributed by atoms with van der Waals surface area (Å²) < 4.78 is 65.1. The SMILES string of the molecule is CCCCCCCCCP(=O)(CCCCCC)[O][Al]([O]P(=O)(CCCCCC)CCCCCCCCC)[O]P(=O)(CCCCCC)CCCCCCCCC. The van der Waals surface area contributed by atoms with Gasteiger partial charge in [-0.3, -0.25) is 13.7 Å². The molecular weight excluding hydrogens is 756 g/mol. The van der Waals surface area contributed by atoms with E-state index in [1.54, 1.807) is 0 Å². The van der Waals surface area contributed by atoms with Gasteiger partial charge in [0.2, 0.25) is 0 Å². The molecule has 0 heterocycles. The van der Waals surface area contributed by atoms with Gasteiger partial charge in [-0.05, 0) is 38.5 Å². The molecular formula is C45H96AlO6P3. The standard InChI is InChI=1S/3C15H33O2P.Al/c3*1-3-5-7-9-10-11-13-15-18(16,17)14-12-8-6-4-2;/h3*3-15H2,1-2H3,(H,16,17);/q;;;+3/p-3. The lowest BCUT2D eigenvalue weighted by Gasteiger charge is -2.29. The molecule has 0 fully saturated rings. The van der Waals surface area contributed by atoms with Gasteiger partial charge in [-0.1, -0.05) is 215 Å². The zero-order valence-electron chi connectivity index (χ0n) is 37.9. The van der Waals surface area contributed by atoms with Gasteiger partial charge >= 0.3 is 15.1 Å². The van der Waals surface area contributed by atoms with Gasteiger partial charge in [0, 0.05) is 37.0 Å². The first-order chi connectivity index (χ1) is 26.6. The van der Waals surface area contributed by atoms with Crippen molar-refractivity contribution in [2.45, 2.75) is 253 Å². The van der Waals surface area contributed by atoms with Gasteiger partial charge in [0.1, 0.15) is 0 Å². The van der Waals surface area contributed by atoms with Gasteiger partial charge in [-0.25, -0.2) is 0 Å². The summed E-state index contributed by atoms with van der Waals surface area (Å²) in [6.07, 6.45) is 39.5. The first-order valence-electron chi connectivity index (χ1n) is 24.4. The maximum Gasteiger partial charge on any atom is 0.921 e. The van der Waals surface area contributed by atoms with Crippen molar-refractivity contribution >= 4 is 37.3 Å². The van der Waals surface area contributed by atoms with Crippen molar-refractivity contribution in [3.8, 4) is 0 Å². The molecule has 6 nitrogen and oxygen atoms in total. The van der Waals surface area contributed by atoms with Crippen LogP contribution in [0, 0.1) is 0 Å². The fourth-order valence-electron chi connectivity index (χ4n) is 7.45. The van der Waals surface area contributed by atoms with Crippen molar-refractivity contribution in [2.75, 3.05) is 37.0 Å². The van der Waals surface area contributed by atoms with Crippen LogP contribution in [0.25, 0.3) is 0 Å². The largest absolute Gasteiger partial charge is 0.921 e. The molecule has 0 aromatic rings. The van der Waals surface area contributed by atoms with E-state index in [-0.39, 0.29) is 0 Å². The minimum absolute atomic E-state index is 0.510. The van der Waals surface area contributed by atoms with E-state index < -0.39 is 37.3 Å². The summed E-state index contributed by atoms with van der Waals surface area (Å²) >= 11 is -3.30. The van der Waals surface area contributed by atoms with Crippen LogP contribution in [0.15, 0.2) is 0 Å². The molecule has 0 aliphatic rings. The fourth-order valence-corrected chi connectivity index (χ4v) is 20.1. The van der Waals surface area contributed by atoms with E-state index in [2.05, 4.69) is 41.5 Å². The van der Waals surface area contributed by atoms with Crippen LogP contribution in [0.5, 0.6) is 0 Å². The minimum atomic E-state index is -3.30. The number of unbranched alkanes of at least 4 members (excludes halogenated alkanes) is 27. The molecule has 10 heteroatoms. The van der Waals surface area contributed by atoms with Gasteiger partial charge in [-0.15, -0.1) is 0 Å². The van der Waals surface area contributed by atoms with Crippen molar-refractivity contribution in [1.82, 2.24) is 0 Å². The third kappa shape index (κ3) is 34.5. The molecule has 0 aromatic heterocycles. The second kappa shape index (κ2) is 39.3. The highest BCUT2D eigenvalue weighted by molar-refractivity contribution is 7.63. The third-order valence-corrected chi connectivity index (χ3v) is 23.9. The summed E-state index contributed by atoms with van der Waals surface area (Å²) in [4.78, 5) is 0. The molecule has 0 aliphatic heterocycles. The van der Waals surface area contributed by atoms with Crippen LogP contribution in [0.1, 0.15) is 253 Å². The van der Waals surface area contributed by atoms with E-state index >= 15 is 0 Å². The Balaban J connectivity index is 6.40. The van der Waals surface area contributed by atoms with Gasteiger partial charge < -0.3 is 10.7 Å². The fraction of sp³-hybridized carbons (Fsp3) is 1.00. The quantitative estimate of drug-likeness (QED) is 0.0345. The average molecular weight is 853 g/mol. The normalized spacial score (nSPS) is 15.2. The summed E-state index contributed by atoms with van der Waals surface area (Å²) in [7, 11) is -9.44. The van der Waals surface area contributed by atoms with Gasteiger partial charge in [0.15, 0.2) is 22.1 Å². The van der Waals surface area contributed by atoms with Gasteiger partial charge in [-0.2, -0.15) is 0 Å². The lowest BCUT2D eigenvalue weighted by molar-refractivity contribution is 0.302. The van der Waals surface area contributed by atoms with Crippen LogP contribution < -0.4 is 0 Å². The van der Waals surface area contributed by atoms with Crippen molar-refractivity contribution in [3.63, 3.8) is 0 Å². The van der Waals surface area contributed by atoms with Crippen LogP contribution in [-0.4, -0.2) is 52.1 Å². The van der Waals surface area contributed by atoms with Crippen LogP contribution in [0.4, 0.5) is 0 Å². The summed E-state index contributed by atoms with van der Waals surface area (Å²) in [6, 6.07) is 0. The smallest absolute Gasteiger partial charge is 0.405 e. The lowest BCUT2D eigenvalue weighted by atomic mass is 10.1. The zero-order chi connectivity index (χ0) is 40.8. The Morgan fingerprint density at radius 2 is 0.400 bits per heavy atom. The van der Waals surface area contributed by atoms with Crippen LogP contribution in [0.2, 0.25) is 0 Å². The van der Waals surface area contributed by atoms with Crippen LogP contribution >= 0.6 is 22.1 Å². The molecule has 0 spiro atoms. The monoisotopic (exact) mass is 853 g/mol. The summed E-state index contributed by atoms with van der Waals surface area (Å²) in [6.45, 7) is 13.3. The molecule has 0 rings (SSSR count). The summed E-state index contributed by atoms with van der Waals surface area (Å²) in [5.74, 6) is 0. The molecule has 330 valence electrons. The minimum Gasteiger partial charge on any atom is -0.405 e.